The molecule has 2 heterocycles. The van der Waals surface area contributed by atoms with E-state index in [0.717, 1.165) is 30.0 Å². The van der Waals surface area contributed by atoms with Crippen LogP contribution in [-0.4, -0.2) is 67.6 Å². The fourth-order valence-corrected chi connectivity index (χ4v) is 3.81. The lowest BCUT2D eigenvalue weighted by molar-refractivity contribution is 0.230. The average Bonchev–Trinajstić information content (AvgIpc) is 3.31. The van der Waals surface area contributed by atoms with Crippen molar-refractivity contribution in [2.75, 3.05) is 45.7 Å². The van der Waals surface area contributed by atoms with E-state index in [9.17, 15) is 4.79 Å². The van der Waals surface area contributed by atoms with Crippen molar-refractivity contribution >= 4 is 23.3 Å². The Kier molecular flexibility index (Phi) is 6.87. The Labute approximate surface area is 176 Å². The molecule has 0 radical (unpaired) electrons. The van der Waals surface area contributed by atoms with Gasteiger partial charge in [0.1, 0.15) is 5.75 Å². The van der Waals surface area contributed by atoms with Crippen LogP contribution in [0.25, 0.3) is 0 Å². The SMILES string of the molecule is COc1ccc(Cl)cc1N1CCC(NC(=O)NCC(c2cnn(C)c2)N(C)C)C1. The summed E-state index contributed by atoms with van der Waals surface area (Å²) in [5.74, 6) is 0.782. The third-order valence-electron chi connectivity index (χ3n) is 5.19. The number of rotatable bonds is 7. The van der Waals surface area contributed by atoms with Gasteiger partial charge in [-0.25, -0.2) is 4.79 Å². The smallest absolute Gasteiger partial charge is 0.315 e. The van der Waals surface area contributed by atoms with Crippen molar-refractivity contribution in [2.45, 2.75) is 18.5 Å². The largest absolute Gasteiger partial charge is 0.495 e. The number of hydrogen-bond donors (Lipinski definition) is 2. The molecule has 1 aliphatic heterocycles. The number of aryl methyl sites for hydroxylation is 1. The maximum absolute atomic E-state index is 12.5. The van der Waals surface area contributed by atoms with Crippen LogP contribution in [0.4, 0.5) is 10.5 Å². The van der Waals surface area contributed by atoms with E-state index >= 15 is 0 Å². The Balaban J connectivity index is 1.53. The van der Waals surface area contributed by atoms with Crippen molar-refractivity contribution in [1.29, 1.82) is 0 Å². The van der Waals surface area contributed by atoms with Gasteiger partial charge in [0.15, 0.2) is 0 Å². The Morgan fingerprint density at radius 3 is 2.90 bits per heavy atom. The number of hydrogen-bond acceptors (Lipinski definition) is 5. The van der Waals surface area contributed by atoms with Gasteiger partial charge in [-0.1, -0.05) is 11.6 Å². The molecule has 0 bridgehead atoms. The highest BCUT2D eigenvalue weighted by Crippen LogP contribution is 2.33. The molecule has 8 nitrogen and oxygen atoms in total. The number of amides is 2. The fourth-order valence-electron chi connectivity index (χ4n) is 3.64. The second-order valence-corrected chi connectivity index (χ2v) is 7.97. The second kappa shape index (κ2) is 9.37. The Bertz CT molecular complexity index is 840. The molecule has 2 atom stereocenters. The van der Waals surface area contributed by atoms with E-state index in [1.54, 1.807) is 11.8 Å². The van der Waals surface area contributed by atoms with Gasteiger partial charge in [0.25, 0.3) is 0 Å². The molecule has 1 aromatic carbocycles. The summed E-state index contributed by atoms with van der Waals surface area (Å²) in [4.78, 5) is 16.7. The fraction of sp³-hybridized carbons (Fsp3) is 0.500. The van der Waals surface area contributed by atoms with E-state index in [-0.39, 0.29) is 18.1 Å². The zero-order chi connectivity index (χ0) is 21.0. The predicted molar refractivity (Wildman–Crippen MR) is 115 cm³/mol. The van der Waals surface area contributed by atoms with E-state index < -0.39 is 0 Å². The van der Waals surface area contributed by atoms with Gasteiger partial charge in [-0.15, -0.1) is 0 Å². The first-order valence-electron chi connectivity index (χ1n) is 9.65. The minimum absolute atomic E-state index is 0.0604. The molecule has 2 unspecified atom stereocenters. The molecule has 29 heavy (non-hydrogen) atoms. The summed E-state index contributed by atoms with van der Waals surface area (Å²) >= 11 is 6.15. The van der Waals surface area contributed by atoms with Crippen LogP contribution in [0.3, 0.4) is 0 Å². The normalized spacial score (nSPS) is 17.4. The molecule has 0 spiro atoms. The van der Waals surface area contributed by atoms with Crippen LogP contribution >= 0.6 is 11.6 Å². The molecule has 1 aliphatic rings. The quantitative estimate of drug-likeness (QED) is 0.718. The number of halogens is 1. The summed E-state index contributed by atoms with van der Waals surface area (Å²) in [6.45, 7) is 2.05. The minimum atomic E-state index is -0.161. The summed E-state index contributed by atoms with van der Waals surface area (Å²) in [7, 11) is 7.52. The third-order valence-corrected chi connectivity index (χ3v) is 5.43. The first-order chi connectivity index (χ1) is 13.9. The minimum Gasteiger partial charge on any atom is -0.495 e. The van der Waals surface area contributed by atoms with Crippen molar-refractivity contribution in [3.63, 3.8) is 0 Å². The Hall–Kier alpha value is -2.45. The number of nitrogens with zero attached hydrogens (tertiary/aromatic N) is 4. The molecule has 2 N–H and O–H groups in total. The lowest BCUT2D eigenvalue weighted by Crippen LogP contribution is -2.45. The van der Waals surface area contributed by atoms with Gasteiger partial charge in [0.2, 0.25) is 0 Å². The van der Waals surface area contributed by atoms with Gasteiger partial charge in [-0.2, -0.15) is 5.10 Å². The highest BCUT2D eigenvalue weighted by Gasteiger charge is 2.26. The van der Waals surface area contributed by atoms with Gasteiger partial charge in [0, 0.05) is 49.5 Å². The number of ether oxygens (including phenoxy) is 1. The van der Waals surface area contributed by atoms with Crippen molar-refractivity contribution in [1.82, 2.24) is 25.3 Å². The van der Waals surface area contributed by atoms with Crippen LogP contribution < -0.4 is 20.3 Å². The van der Waals surface area contributed by atoms with Crippen molar-refractivity contribution in [2.24, 2.45) is 7.05 Å². The molecule has 3 rings (SSSR count). The van der Waals surface area contributed by atoms with E-state index in [1.165, 1.54) is 0 Å². The monoisotopic (exact) mass is 420 g/mol. The highest BCUT2D eigenvalue weighted by molar-refractivity contribution is 6.30. The maximum atomic E-state index is 12.5. The molecule has 1 fully saturated rings. The lowest BCUT2D eigenvalue weighted by atomic mass is 10.1. The van der Waals surface area contributed by atoms with E-state index in [2.05, 4.69) is 25.5 Å². The van der Waals surface area contributed by atoms with Crippen LogP contribution in [0, 0.1) is 0 Å². The lowest BCUT2D eigenvalue weighted by Gasteiger charge is -2.24. The molecule has 2 aromatic rings. The first-order valence-corrected chi connectivity index (χ1v) is 10.0. The number of aromatic nitrogens is 2. The molecular weight excluding hydrogens is 392 g/mol. The molecule has 1 saturated heterocycles. The number of methoxy groups -OCH3 is 1. The first kappa shape index (κ1) is 21.3. The van der Waals surface area contributed by atoms with Gasteiger partial charge in [0.05, 0.1) is 25.0 Å². The number of benzene rings is 1. The number of carbonyl (C=O) groups excluding carboxylic acids is 1. The maximum Gasteiger partial charge on any atom is 0.315 e. The van der Waals surface area contributed by atoms with Crippen LogP contribution in [0.2, 0.25) is 5.02 Å². The predicted octanol–water partition coefficient (Wildman–Crippen LogP) is 2.26. The number of nitrogens with one attached hydrogen (secondary N) is 2. The van der Waals surface area contributed by atoms with Crippen molar-refractivity contribution < 1.29 is 9.53 Å². The van der Waals surface area contributed by atoms with Gasteiger partial charge in [-0.05, 0) is 38.7 Å². The van der Waals surface area contributed by atoms with Crippen LogP contribution in [0.5, 0.6) is 5.75 Å². The number of urea groups is 1. The molecule has 2 amide bonds. The Morgan fingerprint density at radius 1 is 1.45 bits per heavy atom. The molecular formula is C20H29ClN6O2. The molecule has 158 valence electrons. The highest BCUT2D eigenvalue weighted by atomic mass is 35.5. The van der Waals surface area contributed by atoms with Gasteiger partial charge >= 0.3 is 6.03 Å². The zero-order valence-electron chi connectivity index (χ0n) is 17.4. The summed E-state index contributed by atoms with van der Waals surface area (Å²) < 4.78 is 7.22. The number of anilines is 1. The number of carbonyl (C=O) groups is 1. The molecule has 0 saturated carbocycles. The molecule has 1 aromatic heterocycles. The van der Waals surface area contributed by atoms with E-state index in [0.29, 0.717) is 18.1 Å². The summed E-state index contributed by atoms with van der Waals surface area (Å²) in [6, 6.07) is 5.54. The van der Waals surface area contributed by atoms with Crippen LogP contribution in [-0.2, 0) is 7.05 Å². The van der Waals surface area contributed by atoms with Crippen LogP contribution in [0.15, 0.2) is 30.6 Å². The molecule has 0 aliphatic carbocycles. The summed E-state index contributed by atoms with van der Waals surface area (Å²) in [5, 5.41) is 11.0. The Morgan fingerprint density at radius 2 is 2.24 bits per heavy atom. The number of likely N-dealkylation sites (N-methyl/N-ethyl adjacent to an activating group) is 1. The standard InChI is InChI=1S/C20H29ClN6O2/c1-25(2)18(14-10-23-26(3)12-14)11-22-20(28)24-16-7-8-27(13-16)17-9-15(21)5-6-19(17)29-4/h5-6,9-10,12,16,18H,7-8,11,13H2,1-4H3,(H2,22,24,28). The topological polar surface area (TPSA) is 74.7 Å². The van der Waals surface area contributed by atoms with Crippen LogP contribution in [0.1, 0.15) is 18.0 Å². The summed E-state index contributed by atoms with van der Waals surface area (Å²) in [5.41, 5.74) is 2.02. The molecule has 9 heteroatoms. The van der Waals surface area contributed by atoms with E-state index in [1.807, 2.05) is 51.7 Å². The summed E-state index contributed by atoms with van der Waals surface area (Å²) in [6.07, 6.45) is 4.66. The zero-order valence-corrected chi connectivity index (χ0v) is 18.1. The van der Waals surface area contributed by atoms with Gasteiger partial charge < -0.3 is 25.2 Å². The van der Waals surface area contributed by atoms with Crippen molar-refractivity contribution in [3.05, 3.63) is 41.2 Å². The second-order valence-electron chi connectivity index (χ2n) is 7.53. The van der Waals surface area contributed by atoms with Crippen molar-refractivity contribution in [3.8, 4) is 5.75 Å². The van der Waals surface area contributed by atoms with E-state index in [4.69, 9.17) is 16.3 Å². The third kappa shape index (κ3) is 5.33. The average molecular weight is 421 g/mol. The van der Waals surface area contributed by atoms with Gasteiger partial charge in [-0.3, -0.25) is 4.68 Å².